The number of carboxylic acids is 2. The van der Waals surface area contributed by atoms with Crippen LogP contribution in [0.1, 0.15) is 82.8 Å². The van der Waals surface area contributed by atoms with Crippen LogP contribution in [0.15, 0.2) is 24.3 Å². The lowest BCUT2D eigenvalue weighted by molar-refractivity contribution is -0.162. The van der Waals surface area contributed by atoms with E-state index in [4.69, 9.17) is 10.2 Å². The number of nitrogens with zero attached hydrogens (tertiary/aromatic N) is 1. The summed E-state index contributed by atoms with van der Waals surface area (Å²) in [6, 6.07) is 8.69. The fourth-order valence-corrected chi connectivity index (χ4v) is 3.31. The highest BCUT2D eigenvalue weighted by molar-refractivity contribution is 5.98. The minimum atomic E-state index is -1.86. The number of carbonyl (C=O) groups is 2. The lowest BCUT2D eigenvalue weighted by Gasteiger charge is -2.16. The highest BCUT2D eigenvalue weighted by atomic mass is 16.4. The summed E-state index contributed by atoms with van der Waals surface area (Å²) in [6.07, 6.45) is 11.6. The molecule has 0 radical (unpaired) electrons. The van der Waals surface area contributed by atoms with Gasteiger partial charge in [-0.1, -0.05) is 82.1 Å². The van der Waals surface area contributed by atoms with Gasteiger partial charge in [0.15, 0.2) is 5.41 Å². The summed E-state index contributed by atoms with van der Waals surface area (Å²) >= 11 is 0. The second-order valence-corrected chi connectivity index (χ2v) is 8.69. The van der Waals surface area contributed by atoms with Gasteiger partial charge >= 0.3 is 11.9 Å². The normalized spacial score (nSPS) is 11.2. The Labute approximate surface area is 187 Å². The molecule has 1 aromatic rings. The van der Waals surface area contributed by atoms with Gasteiger partial charge in [-0.3, -0.25) is 14.5 Å². The first-order valence-corrected chi connectivity index (χ1v) is 11.5. The number of hydrogen-bond acceptors (Lipinski definition) is 3. The predicted molar refractivity (Wildman–Crippen MR) is 125 cm³/mol. The van der Waals surface area contributed by atoms with Crippen molar-refractivity contribution < 1.29 is 19.8 Å². The number of rotatable bonds is 15. The summed E-state index contributed by atoms with van der Waals surface area (Å²) < 4.78 is 0. The molecule has 31 heavy (non-hydrogen) atoms. The fourth-order valence-electron chi connectivity index (χ4n) is 3.31. The van der Waals surface area contributed by atoms with E-state index in [1.54, 1.807) is 0 Å². The molecule has 0 aliphatic carbocycles. The van der Waals surface area contributed by atoms with E-state index in [0.29, 0.717) is 6.54 Å². The smallest absolute Gasteiger partial charge is 0.321 e. The van der Waals surface area contributed by atoms with Crippen LogP contribution in [-0.4, -0.2) is 40.6 Å². The maximum atomic E-state index is 11.1. The van der Waals surface area contributed by atoms with Crippen LogP contribution in [0.4, 0.5) is 0 Å². The molecule has 0 atom stereocenters. The number of aryl methyl sites for hydroxylation is 1. The van der Waals surface area contributed by atoms with Crippen molar-refractivity contribution in [3.05, 3.63) is 35.4 Å². The highest BCUT2D eigenvalue weighted by Crippen LogP contribution is 2.21. The lowest BCUT2D eigenvalue weighted by atomic mass is 9.87. The highest BCUT2D eigenvalue weighted by Gasteiger charge is 2.40. The summed E-state index contributed by atoms with van der Waals surface area (Å²) in [5, 5.41) is 18.2. The fraction of sp³-hybridized carbons (Fsp3) is 0.615. The van der Waals surface area contributed by atoms with Gasteiger partial charge in [-0.25, -0.2) is 0 Å². The maximum absolute atomic E-state index is 11.1. The van der Waals surface area contributed by atoms with E-state index in [2.05, 4.69) is 43.0 Å². The third-order valence-corrected chi connectivity index (χ3v) is 5.65. The Kier molecular flexibility index (Phi) is 12.6. The van der Waals surface area contributed by atoms with Crippen molar-refractivity contribution in [3.8, 4) is 11.8 Å². The van der Waals surface area contributed by atoms with Crippen molar-refractivity contribution in [1.29, 1.82) is 0 Å². The zero-order valence-corrected chi connectivity index (χ0v) is 19.5. The molecule has 1 rings (SSSR count). The van der Waals surface area contributed by atoms with E-state index in [1.165, 1.54) is 69.4 Å². The molecule has 0 bridgehead atoms. The molecular weight excluding hydrogens is 390 g/mol. The Balaban J connectivity index is 2.32. The quantitative estimate of drug-likeness (QED) is 0.223. The maximum Gasteiger partial charge on any atom is 0.321 e. The van der Waals surface area contributed by atoms with Gasteiger partial charge < -0.3 is 10.2 Å². The van der Waals surface area contributed by atoms with Gasteiger partial charge in [0.1, 0.15) is 0 Å². The zero-order chi connectivity index (χ0) is 23.1. The molecule has 0 aliphatic rings. The van der Waals surface area contributed by atoms with Gasteiger partial charge in [-0.2, -0.15) is 0 Å². The molecule has 5 heteroatoms. The molecule has 0 amide bonds. The Bertz CT molecular complexity index is 716. The first-order valence-electron chi connectivity index (χ1n) is 11.5. The summed E-state index contributed by atoms with van der Waals surface area (Å²) in [6.45, 7) is 4.63. The van der Waals surface area contributed by atoms with Crippen molar-refractivity contribution in [2.45, 2.75) is 84.6 Å². The minimum absolute atomic E-state index is 0.209. The topological polar surface area (TPSA) is 77.8 Å². The van der Waals surface area contributed by atoms with Crippen molar-refractivity contribution >= 4 is 11.9 Å². The van der Waals surface area contributed by atoms with Crippen LogP contribution in [0.2, 0.25) is 0 Å². The van der Waals surface area contributed by atoms with Crippen molar-refractivity contribution in [3.63, 3.8) is 0 Å². The van der Waals surface area contributed by atoms with Crippen LogP contribution >= 0.6 is 0 Å². The van der Waals surface area contributed by atoms with Crippen molar-refractivity contribution in [2.75, 3.05) is 13.6 Å². The number of hydrogen-bond donors (Lipinski definition) is 2. The molecule has 0 aliphatic heterocycles. The molecule has 0 unspecified atom stereocenters. The molecule has 0 aromatic heterocycles. The van der Waals surface area contributed by atoms with Gasteiger partial charge in [0, 0.05) is 13.0 Å². The first-order chi connectivity index (χ1) is 14.8. The van der Waals surface area contributed by atoms with Gasteiger partial charge in [-0.15, -0.1) is 5.92 Å². The third kappa shape index (κ3) is 10.5. The van der Waals surface area contributed by atoms with E-state index >= 15 is 0 Å². The predicted octanol–water partition coefficient (Wildman–Crippen LogP) is 5.37. The average molecular weight is 430 g/mol. The Morgan fingerprint density at radius 1 is 0.871 bits per heavy atom. The third-order valence-electron chi connectivity index (χ3n) is 5.65. The van der Waals surface area contributed by atoms with Crippen LogP contribution in [0.5, 0.6) is 0 Å². The Morgan fingerprint density at radius 2 is 1.39 bits per heavy atom. The molecule has 0 spiro atoms. The van der Waals surface area contributed by atoms with Crippen LogP contribution in [0.25, 0.3) is 0 Å². The summed E-state index contributed by atoms with van der Waals surface area (Å²) in [5.41, 5.74) is 0.708. The Morgan fingerprint density at radius 3 is 1.94 bits per heavy atom. The van der Waals surface area contributed by atoms with E-state index in [0.717, 1.165) is 13.0 Å². The number of aliphatic carboxylic acids is 2. The van der Waals surface area contributed by atoms with Crippen LogP contribution in [0, 0.1) is 17.3 Å². The summed E-state index contributed by atoms with van der Waals surface area (Å²) in [7, 11) is 1.94. The molecule has 0 saturated heterocycles. The molecule has 0 heterocycles. The monoisotopic (exact) mass is 429 g/mol. The number of carboxylic acid groups (broad SMARTS) is 2. The molecule has 2 N–H and O–H groups in total. The summed E-state index contributed by atoms with van der Waals surface area (Å²) in [4.78, 5) is 24.3. The van der Waals surface area contributed by atoms with Gasteiger partial charge in [-0.05, 0) is 37.9 Å². The SMILES string of the molecule is CCCCCCCCCCc1ccc(CN(C)CC#CCC(C)(C(=O)O)C(=O)O)cc1. The van der Waals surface area contributed by atoms with Crippen molar-refractivity contribution in [1.82, 2.24) is 4.90 Å². The molecule has 1 aromatic carbocycles. The van der Waals surface area contributed by atoms with Crippen LogP contribution < -0.4 is 0 Å². The van der Waals surface area contributed by atoms with Gasteiger partial charge in [0.05, 0.1) is 6.54 Å². The van der Waals surface area contributed by atoms with E-state index in [9.17, 15) is 9.59 Å². The zero-order valence-electron chi connectivity index (χ0n) is 19.5. The molecule has 172 valence electrons. The second-order valence-electron chi connectivity index (χ2n) is 8.69. The largest absolute Gasteiger partial charge is 0.480 e. The van der Waals surface area contributed by atoms with Gasteiger partial charge in [0.2, 0.25) is 0 Å². The molecule has 5 nitrogen and oxygen atoms in total. The second kappa shape index (κ2) is 14.6. The number of unbranched alkanes of at least 4 members (excludes halogenated alkanes) is 7. The van der Waals surface area contributed by atoms with Gasteiger partial charge in [0.25, 0.3) is 0 Å². The average Bonchev–Trinajstić information content (AvgIpc) is 2.73. The molecule has 0 fully saturated rings. The van der Waals surface area contributed by atoms with Crippen molar-refractivity contribution in [2.24, 2.45) is 5.41 Å². The van der Waals surface area contributed by atoms with Crippen LogP contribution in [-0.2, 0) is 22.6 Å². The van der Waals surface area contributed by atoms with Crippen LogP contribution in [0.3, 0.4) is 0 Å². The first kappa shape index (κ1) is 26.7. The Hall–Kier alpha value is -2.32. The molecule has 0 saturated carbocycles. The van der Waals surface area contributed by atoms with E-state index < -0.39 is 17.4 Å². The van der Waals surface area contributed by atoms with E-state index in [-0.39, 0.29) is 6.42 Å². The van der Waals surface area contributed by atoms with E-state index in [1.807, 2.05) is 11.9 Å². The number of benzene rings is 1. The molecular formula is C26H39NO4. The lowest BCUT2D eigenvalue weighted by Crippen LogP contribution is -2.35. The minimum Gasteiger partial charge on any atom is -0.480 e. The standard InChI is InChI=1S/C26H39NO4/c1-4-5-6-7-8-9-10-11-14-22-15-17-23(18-16-22)21-27(3)20-13-12-19-26(2,24(28)29)25(30)31/h15-18H,4-11,14,19-21H2,1-3H3,(H,28,29)(H,30,31). The summed E-state index contributed by atoms with van der Waals surface area (Å²) in [5.74, 6) is 2.86.